The Morgan fingerprint density at radius 3 is 2.62 bits per heavy atom. The van der Waals surface area contributed by atoms with Crippen molar-refractivity contribution in [2.24, 2.45) is 0 Å². The van der Waals surface area contributed by atoms with Crippen LogP contribution in [0.4, 0.5) is 11.5 Å². The third-order valence-electron chi connectivity index (χ3n) is 2.66. The Morgan fingerprint density at radius 1 is 1.29 bits per heavy atom. The number of nitrogens with zero attached hydrogens (tertiary/aromatic N) is 3. The third kappa shape index (κ3) is 5.14. The van der Waals surface area contributed by atoms with Crippen molar-refractivity contribution < 1.29 is 14.4 Å². The number of aromatic nitrogens is 2. The minimum atomic E-state index is -0.511. The molecule has 0 fully saturated rings. The summed E-state index contributed by atoms with van der Waals surface area (Å²) in [5.74, 6) is 0.748. The second-order valence-corrected chi connectivity index (χ2v) is 4.37. The van der Waals surface area contributed by atoms with Crippen molar-refractivity contribution in [2.75, 3.05) is 32.2 Å². The van der Waals surface area contributed by atoms with Crippen LogP contribution < -0.4 is 10.1 Å². The monoisotopic (exact) mass is 298 g/mol. The van der Waals surface area contributed by atoms with Gasteiger partial charge in [-0.15, -0.1) is 0 Å². The average molecular weight is 298 g/mol. The number of methoxy groups -OCH3 is 1. The maximum Gasteiger partial charge on any atom is 0.372 e. The molecule has 0 spiro atoms. The van der Waals surface area contributed by atoms with Gasteiger partial charge < -0.3 is 14.8 Å². The fourth-order valence-corrected chi connectivity index (χ4v) is 1.65. The Balaban J connectivity index is 3.03. The van der Waals surface area contributed by atoms with E-state index in [4.69, 9.17) is 9.47 Å². The number of anilines is 1. The van der Waals surface area contributed by atoms with Gasteiger partial charge in [0, 0.05) is 26.7 Å². The molecule has 118 valence electrons. The Hall–Kier alpha value is -1.96. The van der Waals surface area contributed by atoms with Gasteiger partial charge in [0.05, 0.1) is 11.5 Å². The van der Waals surface area contributed by atoms with Gasteiger partial charge in [-0.25, -0.2) is 4.98 Å². The first-order valence-electron chi connectivity index (χ1n) is 7.04. The summed E-state index contributed by atoms with van der Waals surface area (Å²) < 4.78 is 10.3. The van der Waals surface area contributed by atoms with Crippen LogP contribution in [-0.4, -0.2) is 41.8 Å². The topological polar surface area (TPSA) is 99.4 Å². The average Bonchev–Trinajstić information content (AvgIpc) is 2.48. The van der Waals surface area contributed by atoms with E-state index in [2.05, 4.69) is 15.3 Å². The predicted octanol–water partition coefficient (Wildman–Crippen LogP) is 2.18. The summed E-state index contributed by atoms with van der Waals surface area (Å²) in [6.45, 7) is 5.30. The van der Waals surface area contributed by atoms with Crippen molar-refractivity contribution in [3.63, 3.8) is 0 Å². The van der Waals surface area contributed by atoms with Gasteiger partial charge in [0.2, 0.25) is 5.82 Å². The van der Waals surface area contributed by atoms with E-state index in [0.29, 0.717) is 32.0 Å². The summed E-state index contributed by atoms with van der Waals surface area (Å²) in [7, 11) is 1.61. The minimum Gasteiger partial charge on any atom is -0.473 e. The van der Waals surface area contributed by atoms with Gasteiger partial charge in [-0.2, -0.15) is 4.98 Å². The van der Waals surface area contributed by atoms with Gasteiger partial charge in [0.25, 0.3) is 5.88 Å². The smallest absolute Gasteiger partial charge is 0.372 e. The Bertz CT molecular complexity index is 468. The van der Waals surface area contributed by atoms with E-state index in [1.165, 1.54) is 0 Å². The molecular formula is C13H22N4O4. The molecule has 1 aromatic rings. The molecule has 1 heterocycles. The molecule has 1 rings (SSSR count). The van der Waals surface area contributed by atoms with Crippen LogP contribution in [0, 0.1) is 10.1 Å². The molecule has 0 aliphatic heterocycles. The highest BCUT2D eigenvalue weighted by Crippen LogP contribution is 2.32. The zero-order chi connectivity index (χ0) is 15.7. The van der Waals surface area contributed by atoms with Crippen LogP contribution in [0.2, 0.25) is 0 Å². The first-order valence-corrected chi connectivity index (χ1v) is 7.04. The van der Waals surface area contributed by atoms with E-state index in [-0.39, 0.29) is 17.4 Å². The molecule has 8 heteroatoms. The van der Waals surface area contributed by atoms with Crippen molar-refractivity contribution >= 4 is 11.5 Å². The molecule has 0 bridgehead atoms. The summed E-state index contributed by atoms with van der Waals surface area (Å²) in [6.07, 6.45) is 2.05. The van der Waals surface area contributed by atoms with Gasteiger partial charge in [0.15, 0.2) is 0 Å². The third-order valence-corrected chi connectivity index (χ3v) is 2.66. The minimum absolute atomic E-state index is 0.0305. The molecule has 0 amide bonds. The molecule has 8 nitrogen and oxygen atoms in total. The second-order valence-electron chi connectivity index (χ2n) is 4.37. The van der Waals surface area contributed by atoms with Crippen molar-refractivity contribution in [3.8, 4) is 5.88 Å². The Labute approximate surface area is 124 Å². The molecule has 0 saturated heterocycles. The van der Waals surface area contributed by atoms with Crippen LogP contribution in [0.5, 0.6) is 5.88 Å². The lowest BCUT2D eigenvalue weighted by atomic mass is 10.3. The second kappa shape index (κ2) is 9.06. The number of hydrogen-bond acceptors (Lipinski definition) is 7. The number of rotatable bonds is 10. The lowest BCUT2D eigenvalue weighted by Gasteiger charge is -2.11. The molecule has 0 unspecified atom stereocenters. The van der Waals surface area contributed by atoms with Crippen molar-refractivity contribution in [1.82, 2.24) is 9.97 Å². The zero-order valence-corrected chi connectivity index (χ0v) is 12.7. The number of nitrogens with one attached hydrogen (secondary N) is 1. The van der Waals surface area contributed by atoms with Gasteiger partial charge >= 0.3 is 5.69 Å². The summed E-state index contributed by atoms with van der Waals surface area (Å²) in [6, 6.07) is 0. The molecule has 0 radical (unpaired) electrons. The lowest BCUT2D eigenvalue weighted by Crippen LogP contribution is -2.12. The first-order chi connectivity index (χ1) is 10.1. The summed E-state index contributed by atoms with van der Waals surface area (Å²) in [5, 5.41) is 14.2. The van der Waals surface area contributed by atoms with Crippen LogP contribution in [0.1, 0.15) is 32.5 Å². The number of nitro groups is 1. The molecule has 21 heavy (non-hydrogen) atoms. The highest BCUT2D eigenvalue weighted by atomic mass is 16.6. The van der Waals surface area contributed by atoms with Crippen LogP contribution in [0.3, 0.4) is 0 Å². The molecule has 0 saturated carbocycles. The summed E-state index contributed by atoms with van der Waals surface area (Å²) in [4.78, 5) is 19.1. The molecule has 0 aliphatic carbocycles. The van der Waals surface area contributed by atoms with Crippen molar-refractivity contribution in [3.05, 3.63) is 15.9 Å². The lowest BCUT2D eigenvalue weighted by molar-refractivity contribution is -0.385. The van der Waals surface area contributed by atoms with Crippen molar-refractivity contribution in [2.45, 2.75) is 33.1 Å². The standard InChI is InChI=1S/C13H22N4O4/c1-4-8-21-13-11(17(18)19)12(14-7-6-9-20-3)15-10(5-2)16-13/h4-9H2,1-3H3,(H,14,15,16). The summed E-state index contributed by atoms with van der Waals surface area (Å²) >= 11 is 0. The quantitative estimate of drug-likeness (QED) is 0.401. The predicted molar refractivity (Wildman–Crippen MR) is 78.8 cm³/mol. The molecule has 1 N–H and O–H groups in total. The molecular weight excluding hydrogens is 276 g/mol. The maximum atomic E-state index is 11.3. The maximum absolute atomic E-state index is 11.3. The fraction of sp³-hybridized carbons (Fsp3) is 0.692. The van der Waals surface area contributed by atoms with E-state index in [1.807, 2.05) is 13.8 Å². The first kappa shape index (κ1) is 17.1. The van der Waals surface area contributed by atoms with Crippen molar-refractivity contribution in [1.29, 1.82) is 0 Å². The number of ether oxygens (including phenoxy) is 2. The van der Waals surface area contributed by atoms with Crippen LogP contribution in [0.15, 0.2) is 0 Å². The van der Waals surface area contributed by atoms with Gasteiger partial charge in [-0.3, -0.25) is 10.1 Å². The molecule has 0 aromatic carbocycles. The summed E-state index contributed by atoms with van der Waals surface area (Å²) in [5.41, 5.74) is -0.210. The molecule has 1 aromatic heterocycles. The van der Waals surface area contributed by atoms with E-state index in [0.717, 1.165) is 12.8 Å². The largest absolute Gasteiger partial charge is 0.473 e. The fourth-order valence-electron chi connectivity index (χ4n) is 1.65. The molecule has 0 aliphatic rings. The van der Waals surface area contributed by atoms with E-state index in [9.17, 15) is 10.1 Å². The molecule has 0 atom stereocenters. The Morgan fingerprint density at radius 2 is 2.05 bits per heavy atom. The van der Waals surface area contributed by atoms with Gasteiger partial charge in [-0.05, 0) is 12.8 Å². The number of aryl methyl sites for hydroxylation is 1. The van der Waals surface area contributed by atoms with E-state index in [1.54, 1.807) is 7.11 Å². The van der Waals surface area contributed by atoms with Crippen LogP contribution >= 0.6 is 0 Å². The van der Waals surface area contributed by atoms with E-state index < -0.39 is 4.92 Å². The Kier molecular flexibility index (Phi) is 7.38. The van der Waals surface area contributed by atoms with Crippen LogP contribution in [0.25, 0.3) is 0 Å². The highest BCUT2D eigenvalue weighted by molar-refractivity contribution is 5.61. The van der Waals surface area contributed by atoms with E-state index >= 15 is 0 Å². The SMILES string of the molecule is CCCOc1nc(CC)nc(NCCCOC)c1[N+](=O)[O-]. The van der Waals surface area contributed by atoms with Gasteiger partial charge in [-0.1, -0.05) is 13.8 Å². The zero-order valence-electron chi connectivity index (χ0n) is 12.7. The van der Waals surface area contributed by atoms with Gasteiger partial charge in [0.1, 0.15) is 5.82 Å². The highest BCUT2D eigenvalue weighted by Gasteiger charge is 2.25. The van der Waals surface area contributed by atoms with Crippen LogP contribution in [-0.2, 0) is 11.2 Å². The normalized spacial score (nSPS) is 10.4. The number of hydrogen-bond donors (Lipinski definition) is 1.